The van der Waals surface area contributed by atoms with Crippen molar-refractivity contribution >= 4 is 12.1 Å². The van der Waals surface area contributed by atoms with Crippen LogP contribution in [0.15, 0.2) is 65.9 Å². The second-order valence-corrected chi connectivity index (χ2v) is 7.72. The molecule has 0 aliphatic heterocycles. The quantitative estimate of drug-likeness (QED) is 0.485. The predicted octanol–water partition coefficient (Wildman–Crippen LogP) is 4.95. The maximum absolute atomic E-state index is 13.6. The van der Waals surface area contributed by atoms with Gasteiger partial charge in [-0.2, -0.15) is 23.4 Å². The van der Waals surface area contributed by atoms with E-state index in [0.29, 0.717) is 10.2 Å². The first kappa shape index (κ1) is 21.3. The number of nitrogens with one attached hydrogen (secondary N) is 1. The third-order valence-electron chi connectivity index (χ3n) is 4.44. The minimum Gasteiger partial charge on any atom is -0.267 e. The molecular formula is C22H21F3N4O. The van der Waals surface area contributed by atoms with Crippen molar-refractivity contribution in [1.29, 1.82) is 0 Å². The molecule has 0 aliphatic carbocycles. The van der Waals surface area contributed by atoms with Crippen molar-refractivity contribution in [2.45, 2.75) is 32.4 Å². The number of halogens is 3. The Kier molecular flexibility index (Phi) is 5.78. The van der Waals surface area contributed by atoms with Crippen molar-refractivity contribution in [3.05, 3.63) is 83.2 Å². The summed E-state index contributed by atoms with van der Waals surface area (Å²) in [5, 5.41) is 7.54. The lowest BCUT2D eigenvalue weighted by molar-refractivity contribution is -0.143. The topological polar surface area (TPSA) is 59.3 Å². The number of aromatic nitrogens is 2. The van der Waals surface area contributed by atoms with E-state index in [2.05, 4.69) is 36.4 Å². The Morgan fingerprint density at radius 3 is 2.23 bits per heavy atom. The largest absolute Gasteiger partial charge is 0.434 e. The number of hydrogen-bond donors (Lipinski definition) is 1. The molecule has 0 saturated carbocycles. The van der Waals surface area contributed by atoms with E-state index in [1.54, 1.807) is 18.2 Å². The summed E-state index contributed by atoms with van der Waals surface area (Å²) in [7, 11) is 0. The highest BCUT2D eigenvalue weighted by molar-refractivity contribution is 5.96. The highest BCUT2D eigenvalue weighted by Gasteiger charge is 2.40. The van der Waals surface area contributed by atoms with Gasteiger partial charge in [0.25, 0.3) is 5.91 Å². The molecule has 0 fully saturated rings. The smallest absolute Gasteiger partial charge is 0.267 e. The standard InChI is InChI=1S/C22H21F3N4O/c1-21(2,3)16-11-9-15(10-12-16)13-26-28-20(30)18-14-27-29(19(18)22(23,24)25)17-7-5-4-6-8-17/h4-14H,1-3H3,(H,28,30)/b26-13+. The number of para-hydroxylation sites is 1. The SMILES string of the molecule is CC(C)(C)c1ccc(/C=N/NC(=O)c2cnn(-c3ccccc3)c2C(F)(F)F)cc1. The van der Waals surface area contributed by atoms with Crippen LogP contribution >= 0.6 is 0 Å². The number of amides is 1. The van der Waals surface area contributed by atoms with Crippen LogP contribution in [0.2, 0.25) is 0 Å². The Labute approximate surface area is 172 Å². The molecule has 0 bridgehead atoms. The van der Waals surface area contributed by atoms with E-state index in [4.69, 9.17) is 0 Å². The lowest BCUT2D eigenvalue weighted by Gasteiger charge is -2.18. The number of carbonyl (C=O) groups is 1. The third kappa shape index (κ3) is 4.76. The molecule has 156 valence electrons. The van der Waals surface area contributed by atoms with Crippen LogP contribution in [-0.2, 0) is 11.6 Å². The maximum Gasteiger partial charge on any atom is 0.434 e. The summed E-state index contributed by atoms with van der Waals surface area (Å²) >= 11 is 0. The zero-order valence-corrected chi connectivity index (χ0v) is 16.7. The second-order valence-electron chi connectivity index (χ2n) is 7.72. The van der Waals surface area contributed by atoms with Crippen LogP contribution in [0.5, 0.6) is 0 Å². The molecule has 0 spiro atoms. The predicted molar refractivity (Wildman–Crippen MR) is 109 cm³/mol. The minimum absolute atomic E-state index is 0.00318. The maximum atomic E-state index is 13.6. The second kappa shape index (κ2) is 8.14. The fourth-order valence-corrected chi connectivity index (χ4v) is 2.85. The molecule has 8 heteroatoms. The van der Waals surface area contributed by atoms with E-state index in [-0.39, 0.29) is 11.1 Å². The van der Waals surface area contributed by atoms with Gasteiger partial charge in [0.05, 0.1) is 23.7 Å². The first-order valence-corrected chi connectivity index (χ1v) is 9.22. The highest BCUT2D eigenvalue weighted by atomic mass is 19.4. The average molecular weight is 414 g/mol. The Morgan fingerprint density at radius 1 is 1.03 bits per heavy atom. The lowest BCUT2D eigenvalue weighted by atomic mass is 9.87. The van der Waals surface area contributed by atoms with Crippen molar-refractivity contribution in [2.75, 3.05) is 0 Å². The summed E-state index contributed by atoms with van der Waals surface area (Å²) < 4.78 is 41.6. The number of benzene rings is 2. The molecule has 0 unspecified atom stereocenters. The molecule has 1 N–H and O–H groups in total. The molecule has 0 aliphatic rings. The zero-order chi connectivity index (χ0) is 21.9. The van der Waals surface area contributed by atoms with Crippen LogP contribution in [0.25, 0.3) is 5.69 Å². The fourth-order valence-electron chi connectivity index (χ4n) is 2.85. The van der Waals surface area contributed by atoms with Crippen LogP contribution in [0.4, 0.5) is 13.2 Å². The Balaban J connectivity index is 1.80. The number of hydrogen-bond acceptors (Lipinski definition) is 3. The number of alkyl halides is 3. The number of rotatable bonds is 4. The molecule has 3 rings (SSSR count). The molecule has 3 aromatic rings. The van der Waals surface area contributed by atoms with Crippen LogP contribution < -0.4 is 5.43 Å². The van der Waals surface area contributed by atoms with Gasteiger partial charge in [-0.1, -0.05) is 63.2 Å². The highest BCUT2D eigenvalue weighted by Crippen LogP contribution is 2.33. The van der Waals surface area contributed by atoms with E-state index < -0.39 is 23.3 Å². The van der Waals surface area contributed by atoms with Crippen LogP contribution in [0.1, 0.15) is 48.0 Å². The normalized spacial score (nSPS) is 12.3. The zero-order valence-electron chi connectivity index (χ0n) is 16.7. The first-order chi connectivity index (χ1) is 14.1. The monoisotopic (exact) mass is 414 g/mol. The van der Waals surface area contributed by atoms with Crippen molar-refractivity contribution in [3.8, 4) is 5.69 Å². The van der Waals surface area contributed by atoms with Crippen LogP contribution in [-0.4, -0.2) is 21.9 Å². The molecular weight excluding hydrogens is 393 g/mol. The van der Waals surface area contributed by atoms with Gasteiger partial charge in [-0.05, 0) is 28.7 Å². The summed E-state index contributed by atoms with van der Waals surface area (Å²) in [5.41, 5.74) is 2.42. The van der Waals surface area contributed by atoms with E-state index >= 15 is 0 Å². The van der Waals surface area contributed by atoms with E-state index in [9.17, 15) is 18.0 Å². The molecule has 2 aromatic carbocycles. The van der Waals surface area contributed by atoms with Gasteiger partial charge in [0.1, 0.15) is 0 Å². The number of carbonyl (C=O) groups excluding carboxylic acids is 1. The van der Waals surface area contributed by atoms with Crippen LogP contribution in [0.3, 0.4) is 0 Å². The molecule has 0 atom stereocenters. The fraction of sp³-hybridized carbons (Fsp3) is 0.227. The van der Waals surface area contributed by atoms with Crippen molar-refractivity contribution in [3.63, 3.8) is 0 Å². The summed E-state index contributed by atoms with van der Waals surface area (Å²) in [6, 6.07) is 15.3. The molecule has 1 amide bonds. The summed E-state index contributed by atoms with van der Waals surface area (Å²) in [6.45, 7) is 6.26. The number of nitrogens with zero attached hydrogens (tertiary/aromatic N) is 3. The molecule has 0 radical (unpaired) electrons. The van der Waals surface area contributed by atoms with Crippen LogP contribution in [0, 0.1) is 0 Å². The third-order valence-corrected chi connectivity index (χ3v) is 4.44. The molecule has 5 nitrogen and oxygen atoms in total. The van der Waals surface area contributed by atoms with Gasteiger partial charge in [0, 0.05) is 0 Å². The lowest BCUT2D eigenvalue weighted by Crippen LogP contribution is -2.23. The molecule has 1 aromatic heterocycles. The van der Waals surface area contributed by atoms with Gasteiger partial charge in [-0.3, -0.25) is 4.79 Å². The van der Waals surface area contributed by atoms with Gasteiger partial charge < -0.3 is 0 Å². The molecule has 1 heterocycles. The van der Waals surface area contributed by atoms with E-state index in [1.165, 1.54) is 18.3 Å². The van der Waals surface area contributed by atoms with Gasteiger partial charge in [-0.15, -0.1) is 0 Å². The van der Waals surface area contributed by atoms with Crippen molar-refractivity contribution in [2.24, 2.45) is 5.10 Å². The Bertz CT molecular complexity index is 1050. The summed E-state index contributed by atoms with van der Waals surface area (Å²) in [6.07, 6.45) is -2.51. The molecule has 30 heavy (non-hydrogen) atoms. The van der Waals surface area contributed by atoms with Gasteiger partial charge >= 0.3 is 6.18 Å². The van der Waals surface area contributed by atoms with Gasteiger partial charge in [0.2, 0.25) is 0 Å². The Morgan fingerprint density at radius 2 is 1.67 bits per heavy atom. The van der Waals surface area contributed by atoms with Gasteiger partial charge in [0.15, 0.2) is 5.69 Å². The average Bonchev–Trinajstić information content (AvgIpc) is 3.14. The molecule has 0 saturated heterocycles. The van der Waals surface area contributed by atoms with Gasteiger partial charge in [-0.25, -0.2) is 10.1 Å². The minimum atomic E-state index is -4.77. The summed E-state index contributed by atoms with van der Waals surface area (Å²) in [5.74, 6) is -0.993. The van der Waals surface area contributed by atoms with E-state index in [0.717, 1.165) is 11.8 Å². The van der Waals surface area contributed by atoms with Crippen molar-refractivity contribution in [1.82, 2.24) is 15.2 Å². The van der Waals surface area contributed by atoms with E-state index in [1.807, 2.05) is 24.3 Å². The Hall–Kier alpha value is -3.42. The first-order valence-electron chi connectivity index (χ1n) is 9.22. The van der Waals surface area contributed by atoms with Crippen molar-refractivity contribution < 1.29 is 18.0 Å². The number of hydrazone groups is 1. The summed E-state index contributed by atoms with van der Waals surface area (Å²) in [4.78, 5) is 12.4.